The van der Waals surface area contributed by atoms with E-state index in [2.05, 4.69) is 19.1 Å². The molecule has 1 aromatic carbocycles. The number of aryl methyl sites for hydroxylation is 2. The highest BCUT2D eigenvalue weighted by atomic mass is 16.5. The highest BCUT2D eigenvalue weighted by molar-refractivity contribution is 5.79. The third-order valence-corrected chi connectivity index (χ3v) is 4.57. The average Bonchev–Trinajstić information content (AvgIpc) is 2.47. The van der Waals surface area contributed by atoms with Crippen LogP contribution >= 0.6 is 0 Å². The van der Waals surface area contributed by atoms with Crippen LogP contribution in [0.5, 0.6) is 5.75 Å². The molecule has 0 saturated heterocycles. The van der Waals surface area contributed by atoms with Crippen molar-refractivity contribution in [3.05, 3.63) is 28.8 Å². The van der Waals surface area contributed by atoms with Gasteiger partial charge in [0.15, 0.2) is 0 Å². The van der Waals surface area contributed by atoms with Crippen molar-refractivity contribution in [3.63, 3.8) is 0 Å². The first-order valence-electron chi connectivity index (χ1n) is 7.85. The molecule has 0 bridgehead atoms. The van der Waals surface area contributed by atoms with Crippen LogP contribution in [0.1, 0.15) is 63.6 Å². The Morgan fingerprint density at radius 1 is 1.20 bits per heavy atom. The summed E-state index contributed by atoms with van der Waals surface area (Å²) in [6.45, 7) is 8.06. The minimum absolute atomic E-state index is 0.103. The highest BCUT2D eigenvalue weighted by Gasteiger charge is 2.29. The molecule has 0 aromatic heterocycles. The molecule has 0 fully saturated rings. The molecule has 1 aromatic rings. The van der Waals surface area contributed by atoms with Gasteiger partial charge in [0.2, 0.25) is 0 Å². The Bertz CT molecular complexity index is 500. The van der Waals surface area contributed by atoms with Gasteiger partial charge < -0.3 is 4.74 Å². The normalized spacial score (nSPS) is 14.8. The number of benzene rings is 1. The largest absolute Gasteiger partial charge is 0.426 e. The van der Waals surface area contributed by atoms with E-state index < -0.39 is 5.41 Å². The van der Waals surface area contributed by atoms with Crippen molar-refractivity contribution in [3.8, 4) is 5.75 Å². The zero-order chi connectivity index (χ0) is 14.8. The van der Waals surface area contributed by atoms with E-state index in [0.29, 0.717) is 0 Å². The lowest BCUT2D eigenvalue weighted by Gasteiger charge is -2.25. The van der Waals surface area contributed by atoms with E-state index in [0.717, 1.165) is 37.0 Å². The van der Waals surface area contributed by atoms with E-state index in [1.54, 1.807) is 0 Å². The Hall–Kier alpha value is -1.31. The fourth-order valence-electron chi connectivity index (χ4n) is 2.62. The second-order valence-electron chi connectivity index (χ2n) is 6.38. The van der Waals surface area contributed by atoms with Gasteiger partial charge in [-0.3, -0.25) is 4.79 Å². The molecule has 0 spiro atoms. The number of fused-ring (bicyclic) bond motifs is 1. The van der Waals surface area contributed by atoms with Crippen molar-refractivity contribution in [2.75, 3.05) is 0 Å². The van der Waals surface area contributed by atoms with Gasteiger partial charge in [-0.2, -0.15) is 0 Å². The van der Waals surface area contributed by atoms with Crippen LogP contribution in [0.3, 0.4) is 0 Å². The third kappa shape index (κ3) is 2.89. The van der Waals surface area contributed by atoms with Gasteiger partial charge in [-0.25, -0.2) is 0 Å². The number of hydrogen-bond donors (Lipinski definition) is 0. The maximum atomic E-state index is 12.4. The van der Waals surface area contributed by atoms with Crippen molar-refractivity contribution in [2.24, 2.45) is 5.41 Å². The summed E-state index contributed by atoms with van der Waals surface area (Å²) in [4.78, 5) is 12.4. The number of carbonyl (C=O) groups excluding carboxylic acids is 1. The molecular formula is C18H26O2. The summed E-state index contributed by atoms with van der Waals surface area (Å²) in [6, 6.07) is 4.35. The number of esters is 1. The van der Waals surface area contributed by atoms with Gasteiger partial charge in [0.1, 0.15) is 5.75 Å². The Morgan fingerprint density at radius 3 is 2.55 bits per heavy atom. The topological polar surface area (TPSA) is 26.3 Å². The van der Waals surface area contributed by atoms with Crippen LogP contribution in [0.4, 0.5) is 0 Å². The van der Waals surface area contributed by atoms with E-state index in [-0.39, 0.29) is 5.97 Å². The molecular weight excluding hydrogens is 248 g/mol. The first-order chi connectivity index (χ1) is 9.49. The van der Waals surface area contributed by atoms with E-state index in [9.17, 15) is 4.79 Å². The molecule has 2 heteroatoms. The summed E-state index contributed by atoms with van der Waals surface area (Å²) in [7, 11) is 0. The summed E-state index contributed by atoms with van der Waals surface area (Å²) in [5.41, 5.74) is 3.38. The van der Waals surface area contributed by atoms with Crippen LogP contribution in [-0.4, -0.2) is 5.97 Å². The van der Waals surface area contributed by atoms with Gasteiger partial charge in [0.05, 0.1) is 5.41 Å². The van der Waals surface area contributed by atoms with Crippen molar-refractivity contribution in [1.82, 2.24) is 0 Å². The Kier molecular flexibility index (Phi) is 4.52. The SMILES string of the molecule is CCc1ccc2c(c1OC(=O)C(C)(C)CC)CCCC2. The second-order valence-corrected chi connectivity index (χ2v) is 6.38. The van der Waals surface area contributed by atoms with Gasteiger partial charge in [0, 0.05) is 0 Å². The van der Waals surface area contributed by atoms with Gasteiger partial charge in [-0.1, -0.05) is 26.0 Å². The molecule has 20 heavy (non-hydrogen) atoms. The summed E-state index contributed by atoms with van der Waals surface area (Å²) < 4.78 is 5.85. The molecule has 1 aliphatic rings. The van der Waals surface area contributed by atoms with Gasteiger partial charge >= 0.3 is 5.97 Å². The van der Waals surface area contributed by atoms with Crippen molar-refractivity contribution in [1.29, 1.82) is 0 Å². The maximum Gasteiger partial charge on any atom is 0.316 e. The minimum Gasteiger partial charge on any atom is -0.426 e. The molecule has 0 amide bonds. The van der Waals surface area contributed by atoms with E-state index in [4.69, 9.17) is 4.74 Å². The van der Waals surface area contributed by atoms with Crippen LogP contribution in [0.2, 0.25) is 0 Å². The van der Waals surface area contributed by atoms with Crippen LogP contribution < -0.4 is 4.74 Å². The van der Waals surface area contributed by atoms with Crippen LogP contribution in [0, 0.1) is 5.41 Å². The van der Waals surface area contributed by atoms with E-state index >= 15 is 0 Å². The van der Waals surface area contributed by atoms with Crippen LogP contribution in [0.25, 0.3) is 0 Å². The predicted octanol–water partition coefficient (Wildman–Crippen LogP) is 4.47. The fraction of sp³-hybridized carbons (Fsp3) is 0.611. The van der Waals surface area contributed by atoms with Crippen molar-refractivity contribution in [2.45, 2.75) is 66.2 Å². The zero-order valence-electron chi connectivity index (χ0n) is 13.2. The Morgan fingerprint density at radius 2 is 1.90 bits per heavy atom. The van der Waals surface area contributed by atoms with Crippen molar-refractivity contribution >= 4 is 5.97 Å². The molecule has 0 aliphatic heterocycles. The summed E-state index contributed by atoms with van der Waals surface area (Å²) in [5, 5.41) is 0. The molecule has 0 heterocycles. The molecule has 110 valence electrons. The van der Waals surface area contributed by atoms with Gasteiger partial charge in [0.25, 0.3) is 0 Å². The molecule has 0 saturated carbocycles. The second kappa shape index (κ2) is 5.99. The first-order valence-corrected chi connectivity index (χ1v) is 7.85. The minimum atomic E-state index is -0.414. The first kappa shape index (κ1) is 15.1. The number of hydrogen-bond acceptors (Lipinski definition) is 2. The third-order valence-electron chi connectivity index (χ3n) is 4.57. The molecule has 0 atom stereocenters. The number of ether oxygens (including phenoxy) is 1. The maximum absolute atomic E-state index is 12.4. The van der Waals surface area contributed by atoms with Crippen LogP contribution in [0.15, 0.2) is 12.1 Å². The lowest BCUT2D eigenvalue weighted by atomic mass is 9.88. The summed E-state index contributed by atoms with van der Waals surface area (Å²) in [6.07, 6.45) is 6.29. The molecule has 0 N–H and O–H groups in total. The average molecular weight is 274 g/mol. The standard InChI is InChI=1S/C18H26O2/c1-5-13-11-12-14-9-7-8-10-15(14)16(13)20-17(19)18(3,4)6-2/h11-12H,5-10H2,1-4H3. The molecule has 2 rings (SSSR count). The quantitative estimate of drug-likeness (QED) is 0.598. The number of rotatable bonds is 4. The van der Waals surface area contributed by atoms with E-state index in [1.807, 2.05) is 20.8 Å². The highest BCUT2D eigenvalue weighted by Crippen LogP contribution is 2.35. The lowest BCUT2D eigenvalue weighted by Crippen LogP contribution is -2.29. The molecule has 2 nitrogen and oxygen atoms in total. The summed E-state index contributed by atoms with van der Waals surface area (Å²) >= 11 is 0. The predicted molar refractivity (Wildman–Crippen MR) is 82.2 cm³/mol. The number of carbonyl (C=O) groups is 1. The smallest absolute Gasteiger partial charge is 0.316 e. The zero-order valence-corrected chi connectivity index (χ0v) is 13.2. The van der Waals surface area contributed by atoms with Crippen molar-refractivity contribution < 1.29 is 9.53 Å². The monoisotopic (exact) mass is 274 g/mol. The lowest BCUT2D eigenvalue weighted by molar-refractivity contribution is -0.144. The summed E-state index contributed by atoms with van der Waals surface area (Å²) in [5.74, 6) is 0.755. The fourth-order valence-corrected chi connectivity index (χ4v) is 2.62. The molecule has 0 unspecified atom stereocenters. The molecule has 1 aliphatic carbocycles. The Labute approximate surface area is 122 Å². The van der Waals surface area contributed by atoms with Gasteiger partial charge in [-0.15, -0.1) is 0 Å². The van der Waals surface area contributed by atoms with Gasteiger partial charge in [-0.05, 0) is 69.1 Å². The Balaban J connectivity index is 2.37. The molecule has 0 radical (unpaired) electrons. The van der Waals surface area contributed by atoms with E-state index in [1.165, 1.54) is 24.0 Å². The van der Waals surface area contributed by atoms with Crippen LogP contribution in [-0.2, 0) is 24.1 Å².